The van der Waals surface area contributed by atoms with Crippen LogP contribution in [0.2, 0.25) is 0 Å². The lowest BCUT2D eigenvalue weighted by Crippen LogP contribution is -2.39. The monoisotopic (exact) mass is 425 g/mol. The molecule has 1 saturated carbocycles. The second-order valence-electron chi connectivity index (χ2n) is 5.86. The maximum absolute atomic E-state index is 5.90. The number of aliphatic imine (C=N–C) groups is 1. The Kier molecular flexibility index (Phi) is 10.3. The number of nitrogens with two attached hydrogens (primary N) is 1. The summed E-state index contributed by atoms with van der Waals surface area (Å²) >= 11 is 0. The Morgan fingerprint density at radius 3 is 2.73 bits per heavy atom. The van der Waals surface area contributed by atoms with E-state index in [0.717, 1.165) is 71.5 Å². The van der Waals surface area contributed by atoms with Gasteiger partial charge in [-0.2, -0.15) is 0 Å². The minimum Gasteiger partial charge on any atom is -0.379 e. The molecule has 0 atom stereocenters. The zero-order valence-electron chi connectivity index (χ0n) is 13.8. The summed E-state index contributed by atoms with van der Waals surface area (Å²) < 4.78 is 5.34. The van der Waals surface area contributed by atoms with Crippen LogP contribution >= 0.6 is 24.0 Å². The van der Waals surface area contributed by atoms with Crippen LogP contribution in [0.15, 0.2) is 4.99 Å². The Bertz CT molecular complexity index is 319. The first kappa shape index (κ1) is 19.9. The molecule has 2 aliphatic rings. The molecule has 2 fully saturated rings. The van der Waals surface area contributed by atoms with Crippen LogP contribution in [0.1, 0.15) is 26.2 Å². The molecule has 1 aliphatic carbocycles. The van der Waals surface area contributed by atoms with Crippen molar-refractivity contribution in [3.05, 3.63) is 0 Å². The second-order valence-corrected chi connectivity index (χ2v) is 5.86. The van der Waals surface area contributed by atoms with Crippen LogP contribution in [0.5, 0.6) is 0 Å². The van der Waals surface area contributed by atoms with Crippen LogP contribution < -0.4 is 11.1 Å². The predicted octanol–water partition coefficient (Wildman–Crippen LogP) is 0.715. The third-order valence-corrected chi connectivity index (χ3v) is 4.19. The number of morpholine rings is 1. The standard InChI is InChI=1S/C15H31N5O.HI/c1-2-20(14-4-5-14)9-7-18-15(16)17-6-3-8-19-10-12-21-13-11-19;/h14H,2-13H2,1H3,(H3,16,17,18);1H. The Balaban J connectivity index is 0.00000242. The Morgan fingerprint density at radius 1 is 1.36 bits per heavy atom. The smallest absolute Gasteiger partial charge is 0.188 e. The van der Waals surface area contributed by atoms with Crippen molar-refractivity contribution in [2.75, 3.05) is 59.0 Å². The fourth-order valence-corrected chi connectivity index (χ4v) is 2.74. The largest absolute Gasteiger partial charge is 0.379 e. The number of nitrogens with zero attached hydrogens (tertiary/aromatic N) is 3. The summed E-state index contributed by atoms with van der Waals surface area (Å²) in [5.74, 6) is 0.587. The molecule has 0 aromatic carbocycles. The quantitative estimate of drug-likeness (QED) is 0.247. The summed E-state index contributed by atoms with van der Waals surface area (Å²) in [7, 11) is 0. The SMILES string of the molecule is CCN(CCNC(N)=NCCCN1CCOCC1)C1CC1.I. The van der Waals surface area contributed by atoms with E-state index in [1.54, 1.807) is 0 Å². The summed E-state index contributed by atoms with van der Waals surface area (Å²) in [6.07, 6.45) is 3.78. The van der Waals surface area contributed by atoms with Gasteiger partial charge in [-0.25, -0.2) is 0 Å². The van der Waals surface area contributed by atoms with E-state index in [0.29, 0.717) is 5.96 Å². The average Bonchev–Trinajstić information content (AvgIpc) is 3.34. The van der Waals surface area contributed by atoms with E-state index in [1.807, 2.05) is 0 Å². The van der Waals surface area contributed by atoms with Gasteiger partial charge in [0.05, 0.1) is 13.2 Å². The van der Waals surface area contributed by atoms with Crippen molar-refractivity contribution in [2.45, 2.75) is 32.2 Å². The van der Waals surface area contributed by atoms with Gasteiger partial charge in [0.2, 0.25) is 0 Å². The molecule has 0 amide bonds. The molecule has 130 valence electrons. The number of hydrogen-bond acceptors (Lipinski definition) is 4. The lowest BCUT2D eigenvalue weighted by atomic mass is 10.3. The molecule has 1 aliphatic heterocycles. The highest BCUT2D eigenvalue weighted by Crippen LogP contribution is 2.25. The highest BCUT2D eigenvalue weighted by atomic mass is 127. The van der Waals surface area contributed by atoms with Crippen molar-refractivity contribution in [1.82, 2.24) is 15.1 Å². The Labute approximate surface area is 151 Å². The number of guanidine groups is 1. The topological polar surface area (TPSA) is 66.1 Å². The highest BCUT2D eigenvalue weighted by molar-refractivity contribution is 14.0. The summed E-state index contributed by atoms with van der Waals surface area (Å²) in [6.45, 7) is 11.0. The molecule has 0 radical (unpaired) electrons. The maximum atomic E-state index is 5.90. The van der Waals surface area contributed by atoms with E-state index >= 15 is 0 Å². The molecule has 0 bridgehead atoms. The van der Waals surface area contributed by atoms with Gasteiger partial charge in [-0.15, -0.1) is 24.0 Å². The first-order valence-electron chi connectivity index (χ1n) is 8.37. The molecule has 6 nitrogen and oxygen atoms in total. The van der Waals surface area contributed by atoms with Gasteiger partial charge in [0.15, 0.2) is 5.96 Å². The first-order valence-corrected chi connectivity index (χ1v) is 8.37. The van der Waals surface area contributed by atoms with Gasteiger partial charge < -0.3 is 15.8 Å². The van der Waals surface area contributed by atoms with Gasteiger partial charge in [-0.05, 0) is 25.8 Å². The number of rotatable bonds is 9. The van der Waals surface area contributed by atoms with E-state index in [9.17, 15) is 0 Å². The van der Waals surface area contributed by atoms with Gasteiger partial charge in [0.1, 0.15) is 0 Å². The van der Waals surface area contributed by atoms with E-state index < -0.39 is 0 Å². The van der Waals surface area contributed by atoms with Gasteiger partial charge in [0, 0.05) is 45.3 Å². The van der Waals surface area contributed by atoms with E-state index in [-0.39, 0.29) is 24.0 Å². The van der Waals surface area contributed by atoms with Gasteiger partial charge in [0.25, 0.3) is 0 Å². The highest BCUT2D eigenvalue weighted by Gasteiger charge is 2.27. The first-order chi connectivity index (χ1) is 10.3. The normalized spacial score (nSPS) is 20.0. The van der Waals surface area contributed by atoms with E-state index in [2.05, 4.69) is 27.0 Å². The molecule has 22 heavy (non-hydrogen) atoms. The van der Waals surface area contributed by atoms with E-state index in [4.69, 9.17) is 10.5 Å². The van der Waals surface area contributed by atoms with Crippen LogP contribution in [0.3, 0.4) is 0 Å². The summed E-state index contributed by atoms with van der Waals surface area (Å²) in [6, 6.07) is 0.823. The van der Waals surface area contributed by atoms with E-state index in [1.165, 1.54) is 12.8 Å². The zero-order valence-corrected chi connectivity index (χ0v) is 16.1. The van der Waals surface area contributed by atoms with Gasteiger partial charge in [-0.1, -0.05) is 6.92 Å². The minimum absolute atomic E-state index is 0. The summed E-state index contributed by atoms with van der Waals surface area (Å²) in [4.78, 5) is 9.34. The van der Waals surface area contributed by atoms with Crippen molar-refractivity contribution in [2.24, 2.45) is 10.7 Å². The minimum atomic E-state index is 0. The number of nitrogens with one attached hydrogen (secondary N) is 1. The maximum Gasteiger partial charge on any atom is 0.188 e. The molecule has 1 saturated heterocycles. The fourth-order valence-electron chi connectivity index (χ4n) is 2.74. The molecule has 7 heteroatoms. The number of hydrogen-bond donors (Lipinski definition) is 2. The van der Waals surface area contributed by atoms with Crippen LogP contribution in [0.25, 0.3) is 0 Å². The van der Waals surface area contributed by atoms with Crippen LogP contribution in [0, 0.1) is 0 Å². The number of likely N-dealkylation sites (N-methyl/N-ethyl adjacent to an activating group) is 1. The molecular weight excluding hydrogens is 393 g/mol. The van der Waals surface area contributed by atoms with Gasteiger partial charge >= 0.3 is 0 Å². The van der Waals surface area contributed by atoms with Crippen molar-refractivity contribution in [3.8, 4) is 0 Å². The lowest BCUT2D eigenvalue weighted by molar-refractivity contribution is 0.0377. The summed E-state index contributed by atoms with van der Waals surface area (Å²) in [5.41, 5.74) is 5.90. The molecule has 3 N–H and O–H groups in total. The van der Waals surface area contributed by atoms with Crippen molar-refractivity contribution in [1.29, 1.82) is 0 Å². The molecule has 1 heterocycles. The third kappa shape index (κ3) is 7.94. The molecular formula is C15H32IN5O. The molecule has 0 unspecified atom stereocenters. The van der Waals surface area contributed by atoms with Crippen molar-refractivity contribution < 1.29 is 4.74 Å². The Morgan fingerprint density at radius 2 is 2.09 bits per heavy atom. The zero-order chi connectivity index (χ0) is 14.9. The number of ether oxygens (including phenoxy) is 1. The average molecular weight is 425 g/mol. The number of halogens is 1. The van der Waals surface area contributed by atoms with Crippen LogP contribution in [-0.4, -0.2) is 80.8 Å². The molecule has 0 aromatic rings. The third-order valence-electron chi connectivity index (χ3n) is 4.19. The molecule has 0 aromatic heterocycles. The predicted molar refractivity (Wildman–Crippen MR) is 102 cm³/mol. The van der Waals surface area contributed by atoms with Crippen molar-refractivity contribution in [3.63, 3.8) is 0 Å². The fraction of sp³-hybridized carbons (Fsp3) is 0.933. The lowest BCUT2D eigenvalue weighted by Gasteiger charge is -2.26. The van der Waals surface area contributed by atoms with Crippen LogP contribution in [0.4, 0.5) is 0 Å². The second kappa shape index (κ2) is 11.4. The summed E-state index contributed by atoms with van der Waals surface area (Å²) in [5, 5.41) is 3.22. The molecule has 0 spiro atoms. The molecule has 2 rings (SSSR count). The Hall–Kier alpha value is -0.120. The van der Waals surface area contributed by atoms with Crippen LogP contribution in [-0.2, 0) is 4.74 Å². The van der Waals surface area contributed by atoms with Crippen molar-refractivity contribution >= 4 is 29.9 Å². The van der Waals surface area contributed by atoms with Gasteiger partial charge in [-0.3, -0.25) is 14.8 Å².